The van der Waals surface area contributed by atoms with Crippen LogP contribution < -0.4 is 5.14 Å². The van der Waals surface area contributed by atoms with E-state index in [0.29, 0.717) is 4.68 Å². The fraction of sp³-hybridized carbons (Fsp3) is 0.500. The van der Waals surface area contributed by atoms with Crippen LogP contribution >= 0.6 is 0 Å². The average Bonchev–Trinajstić information content (AvgIpc) is 2.28. The summed E-state index contributed by atoms with van der Waals surface area (Å²) in [4.78, 5) is 0. The summed E-state index contributed by atoms with van der Waals surface area (Å²) in [5.74, 6) is -0.572. The summed E-state index contributed by atoms with van der Waals surface area (Å²) >= 11 is 0. The zero-order chi connectivity index (χ0) is 11.7. The molecule has 0 radical (unpaired) electrons. The summed E-state index contributed by atoms with van der Waals surface area (Å²) in [6, 6.07) is 1.18. The van der Waals surface area contributed by atoms with Crippen LogP contribution in [0.3, 0.4) is 0 Å². The largest absolute Gasteiger partial charge is 0.408 e. The molecule has 1 heterocycles. The Hall–Kier alpha value is -1.09. The van der Waals surface area contributed by atoms with E-state index in [9.17, 15) is 21.6 Å². The van der Waals surface area contributed by atoms with Crippen LogP contribution in [-0.2, 0) is 22.3 Å². The van der Waals surface area contributed by atoms with Crippen molar-refractivity contribution in [2.75, 3.05) is 0 Å². The summed E-state index contributed by atoms with van der Waals surface area (Å²) < 4.78 is 57.5. The maximum atomic E-state index is 11.9. The van der Waals surface area contributed by atoms with E-state index >= 15 is 0 Å². The molecule has 86 valence electrons. The second-order valence-electron chi connectivity index (χ2n) is 2.93. The zero-order valence-corrected chi connectivity index (χ0v) is 8.22. The van der Waals surface area contributed by atoms with Crippen LogP contribution in [0.15, 0.2) is 12.3 Å². The van der Waals surface area contributed by atoms with Crippen LogP contribution in [0.1, 0.15) is 5.69 Å². The molecule has 0 aliphatic carbocycles. The topological polar surface area (TPSA) is 78.0 Å². The number of hydrogen-bond acceptors (Lipinski definition) is 3. The second kappa shape index (κ2) is 3.81. The van der Waals surface area contributed by atoms with Crippen LogP contribution in [0.25, 0.3) is 0 Å². The van der Waals surface area contributed by atoms with Gasteiger partial charge >= 0.3 is 6.18 Å². The van der Waals surface area contributed by atoms with Crippen LogP contribution in [0, 0.1) is 0 Å². The third-order valence-corrected chi connectivity index (χ3v) is 2.08. The predicted octanol–water partition coefficient (Wildman–Crippen LogP) is 0.234. The summed E-state index contributed by atoms with van der Waals surface area (Å²) in [7, 11) is -3.76. The van der Waals surface area contributed by atoms with Crippen molar-refractivity contribution in [2.45, 2.75) is 18.5 Å². The van der Waals surface area contributed by atoms with Crippen molar-refractivity contribution in [3.05, 3.63) is 18.0 Å². The van der Waals surface area contributed by atoms with Crippen LogP contribution in [0.5, 0.6) is 0 Å². The molecule has 2 N–H and O–H groups in total. The fourth-order valence-corrected chi connectivity index (χ4v) is 1.52. The Bertz CT molecular complexity index is 437. The first kappa shape index (κ1) is 12.0. The van der Waals surface area contributed by atoms with Crippen LogP contribution in [0.2, 0.25) is 0 Å². The molecule has 0 saturated heterocycles. The number of nitrogens with zero attached hydrogens (tertiary/aromatic N) is 2. The fourth-order valence-electron chi connectivity index (χ4n) is 0.959. The van der Waals surface area contributed by atoms with E-state index in [2.05, 4.69) is 5.10 Å². The number of halogens is 3. The first-order valence-corrected chi connectivity index (χ1v) is 5.47. The molecular formula is C6H8F3N3O2S. The number of hydrogen-bond donors (Lipinski definition) is 1. The Morgan fingerprint density at radius 3 is 2.53 bits per heavy atom. The highest BCUT2D eigenvalue weighted by atomic mass is 32.2. The Balaban J connectivity index is 2.73. The molecule has 1 aromatic heterocycles. The van der Waals surface area contributed by atoms with Gasteiger partial charge in [-0.05, 0) is 6.07 Å². The lowest BCUT2D eigenvalue weighted by molar-refractivity contribution is -0.142. The molecule has 5 nitrogen and oxygen atoms in total. The van der Waals surface area contributed by atoms with E-state index in [-0.39, 0.29) is 5.69 Å². The van der Waals surface area contributed by atoms with Gasteiger partial charge in [0.05, 0.1) is 5.69 Å². The van der Waals surface area contributed by atoms with Crippen molar-refractivity contribution in [2.24, 2.45) is 5.14 Å². The zero-order valence-electron chi connectivity index (χ0n) is 7.40. The Kier molecular flexibility index (Phi) is 3.05. The summed E-state index contributed by atoms with van der Waals surface area (Å²) in [5, 5.41) is 8.12. The number of aromatic nitrogens is 2. The lowest BCUT2D eigenvalue weighted by atomic mass is 10.5. The molecule has 15 heavy (non-hydrogen) atoms. The van der Waals surface area contributed by atoms with Gasteiger partial charge in [0, 0.05) is 6.20 Å². The molecule has 0 aromatic carbocycles. The predicted molar refractivity (Wildman–Crippen MR) is 45.1 cm³/mol. The monoisotopic (exact) mass is 243 g/mol. The maximum Gasteiger partial charge on any atom is 0.408 e. The van der Waals surface area contributed by atoms with E-state index in [1.54, 1.807) is 0 Å². The molecular weight excluding hydrogens is 235 g/mol. The van der Waals surface area contributed by atoms with Crippen molar-refractivity contribution < 1.29 is 21.6 Å². The van der Waals surface area contributed by atoms with Gasteiger partial charge < -0.3 is 0 Å². The van der Waals surface area contributed by atoms with Gasteiger partial charge in [0.2, 0.25) is 10.0 Å². The van der Waals surface area contributed by atoms with Gasteiger partial charge in [-0.3, -0.25) is 4.68 Å². The molecule has 0 aliphatic heterocycles. The first-order valence-electron chi connectivity index (χ1n) is 3.75. The van der Waals surface area contributed by atoms with Crippen molar-refractivity contribution in [1.82, 2.24) is 9.78 Å². The number of sulfonamides is 1. The van der Waals surface area contributed by atoms with Crippen molar-refractivity contribution in [3.63, 3.8) is 0 Å². The number of alkyl halides is 3. The molecule has 0 saturated carbocycles. The van der Waals surface area contributed by atoms with E-state index in [4.69, 9.17) is 5.14 Å². The van der Waals surface area contributed by atoms with Crippen LogP contribution in [0.4, 0.5) is 13.2 Å². The quantitative estimate of drug-likeness (QED) is 0.825. The summed E-state index contributed by atoms with van der Waals surface area (Å²) in [6.45, 7) is -1.25. The number of rotatable bonds is 3. The molecule has 0 atom stereocenters. The van der Waals surface area contributed by atoms with Crippen LogP contribution in [-0.4, -0.2) is 24.4 Å². The van der Waals surface area contributed by atoms with Gasteiger partial charge in [0.15, 0.2) is 0 Å². The maximum absolute atomic E-state index is 11.9. The molecule has 0 bridgehead atoms. The minimum atomic E-state index is -4.38. The van der Waals surface area contributed by atoms with Gasteiger partial charge in [0.1, 0.15) is 12.3 Å². The molecule has 9 heteroatoms. The van der Waals surface area contributed by atoms with Crippen molar-refractivity contribution in [1.29, 1.82) is 0 Å². The van der Waals surface area contributed by atoms with E-state index in [1.807, 2.05) is 0 Å². The second-order valence-corrected chi connectivity index (χ2v) is 4.54. The SMILES string of the molecule is NS(=O)(=O)Cc1ccn(CC(F)(F)F)n1. The molecule has 0 aliphatic rings. The van der Waals surface area contributed by atoms with E-state index in [1.165, 1.54) is 6.07 Å². The lowest BCUT2D eigenvalue weighted by Crippen LogP contribution is -2.19. The number of primary sulfonamides is 1. The van der Waals surface area contributed by atoms with Gasteiger partial charge in [-0.15, -0.1) is 0 Å². The summed E-state index contributed by atoms with van der Waals surface area (Å²) in [5.41, 5.74) is -0.0123. The minimum absolute atomic E-state index is 0.0123. The number of nitrogens with two attached hydrogens (primary N) is 1. The third-order valence-electron chi connectivity index (χ3n) is 1.39. The van der Waals surface area contributed by atoms with Gasteiger partial charge in [-0.1, -0.05) is 0 Å². The van der Waals surface area contributed by atoms with Crippen molar-refractivity contribution in [3.8, 4) is 0 Å². The smallest absolute Gasteiger partial charge is 0.263 e. The Morgan fingerprint density at radius 2 is 2.07 bits per heavy atom. The van der Waals surface area contributed by atoms with Gasteiger partial charge in [0.25, 0.3) is 0 Å². The van der Waals surface area contributed by atoms with Gasteiger partial charge in [-0.2, -0.15) is 18.3 Å². The normalized spacial score (nSPS) is 13.1. The molecule has 0 amide bonds. The molecule has 0 spiro atoms. The standard InChI is InChI=1S/C6H8F3N3O2S/c7-6(8,9)4-12-2-1-5(11-12)3-15(10,13)14/h1-2H,3-4H2,(H2,10,13,14). The van der Waals surface area contributed by atoms with Crippen molar-refractivity contribution >= 4 is 10.0 Å². The molecule has 1 rings (SSSR count). The Morgan fingerprint density at radius 1 is 1.47 bits per heavy atom. The minimum Gasteiger partial charge on any atom is -0.263 e. The summed E-state index contributed by atoms with van der Waals surface area (Å²) in [6.07, 6.45) is -3.33. The highest BCUT2D eigenvalue weighted by Gasteiger charge is 2.28. The highest BCUT2D eigenvalue weighted by Crippen LogP contribution is 2.17. The Labute approximate surface area is 83.7 Å². The average molecular weight is 243 g/mol. The third kappa shape index (κ3) is 4.79. The van der Waals surface area contributed by atoms with Gasteiger partial charge in [-0.25, -0.2) is 13.6 Å². The lowest BCUT2D eigenvalue weighted by Gasteiger charge is -2.05. The molecule has 0 unspecified atom stereocenters. The molecule has 1 aromatic rings. The first-order chi connectivity index (χ1) is 6.66. The van der Waals surface area contributed by atoms with E-state index in [0.717, 1.165) is 6.20 Å². The highest BCUT2D eigenvalue weighted by molar-refractivity contribution is 7.88. The molecule has 0 fully saturated rings. The van der Waals surface area contributed by atoms with E-state index < -0.39 is 28.5 Å².